The van der Waals surface area contributed by atoms with Crippen molar-refractivity contribution in [2.75, 3.05) is 17.4 Å². The molecule has 7 nitrogen and oxygen atoms in total. The summed E-state index contributed by atoms with van der Waals surface area (Å²) in [7, 11) is -4.16. The monoisotopic (exact) mass is 559 g/mol. The summed E-state index contributed by atoms with van der Waals surface area (Å²) in [6.07, 6.45) is 0.712. The smallest absolute Gasteiger partial charge is 0.264 e. The van der Waals surface area contributed by atoms with Crippen LogP contribution in [0.1, 0.15) is 31.4 Å². The summed E-state index contributed by atoms with van der Waals surface area (Å²) in [5.74, 6) is -1.40. The number of amides is 2. The molecular weight excluding hydrogens is 529 g/mol. The number of benzene rings is 3. The van der Waals surface area contributed by atoms with Crippen LogP contribution >= 0.6 is 11.6 Å². The molecule has 3 aromatic rings. The fraction of sp³-hybridized carbons (Fsp3) is 0.286. The van der Waals surface area contributed by atoms with Gasteiger partial charge < -0.3 is 10.2 Å². The normalized spacial score (nSPS) is 12.0. The van der Waals surface area contributed by atoms with E-state index < -0.39 is 34.3 Å². The molecule has 0 aliphatic rings. The van der Waals surface area contributed by atoms with E-state index >= 15 is 0 Å². The fourth-order valence-electron chi connectivity index (χ4n) is 3.74. The van der Waals surface area contributed by atoms with E-state index in [0.717, 1.165) is 9.87 Å². The van der Waals surface area contributed by atoms with Crippen molar-refractivity contribution >= 4 is 39.1 Å². The van der Waals surface area contributed by atoms with Gasteiger partial charge in [-0.05, 0) is 74.4 Å². The number of nitrogens with zero attached hydrogens (tertiary/aromatic N) is 2. The zero-order chi connectivity index (χ0) is 27.9. The standard InChI is InChI=1S/C28H31ClFN3O4S/c1-4-17-31-28(35)21(3)32(18-22-7-11-24(30)12-8-22)27(34)19-33(25-13-9-23(29)10-14-25)38(36,37)26-15-5-20(2)6-16-26/h5-16,21H,4,17-19H2,1-3H3,(H,31,35). The quantitative estimate of drug-likeness (QED) is 0.361. The predicted octanol–water partition coefficient (Wildman–Crippen LogP) is 4.93. The number of hydrogen-bond donors (Lipinski definition) is 1. The van der Waals surface area contributed by atoms with Crippen molar-refractivity contribution in [3.8, 4) is 0 Å². The molecule has 3 rings (SSSR count). The molecule has 0 heterocycles. The molecule has 1 unspecified atom stereocenters. The van der Waals surface area contributed by atoms with Crippen molar-refractivity contribution in [3.63, 3.8) is 0 Å². The van der Waals surface area contributed by atoms with Crippen molar-refractivity contribution < 1.29 is 22.4 Å². The van der Waals surface area contributed by atoms with Crippen LogP contribution in [-0.4, -0.2) is 44.3 Å². The van der Waals surface area contributed by atoms with Crippen LogP contribution in [0.2, 0.25) is 5.02 Å². The van der Waals surface area contributed by atoms with E-state index in [0.29, 0.717) is 23.6 Å². The number of rotatable bonds is 11. The van der Waals surface area contributed by atoms with E-state index in [1.165, 1.54) is 65.6 Å². The molecule has 3 aromatic carbocycles. The third-order valence-electron chi connectivity index (χ3n) is 5.99. The van der Waals surface area contributed by atoms with Gasteiger partial charge in [-0.3, -0.25) is 13.9 Å². The molecule has 0 saturated heterocycles. The van der Waals surface area contributed by atoms with Gasteiger partial charge in [0, 0.05) is 18.1 Å². The van der Waals surface area contributed by atoms with Gasteiger partial charge in [-0.2, -0.15) is 0 Å². The molecule has 1 atom stereocenters. The molecular formula is C28H31ClFN3O4S. The Bertz CT molecular complexity index is 1350. The fourth-order valence-corrected chi connectivity index (χ4v) is 5.28. The summed E-state index contributed by atoms with van der Waals surface area (Å²) >= 11 is 6.03. The minimum atomic E-state index is -4.16. The molecule has 0 aromatic heterocycles. The number of carbonyl (C=O) groups excluding carboxylic acids is 2. The Morgan fingerprint density at radius 3 is 2.16 bits per heavy atom. The van der Waals surface area contributed by atoms with E-state index in [1.807, 2.05) is 13.8 Å². The molecule has 0 aliphatic carbocycles. The maximum Gasteiger partial charge on any atom is 0.264 e. The van der Waals surface area contributed by atoms with E-state index in [2.05, 4.69) is 5.32 Å². The van der Waals surface area contributed by atoms with Crippen molar-refractivity contribution in [2.24, 2.45) is 0 Å². The van der Waals surface area contributed by atoms with Crippen LogP contribution in [0.25, 0.3) is 0 Å². The van der Waals surface area contributed by atoms with E-state index in [1.54, 1.807) is 19.1 Å². The van der Waals surface area contributed by atoms with E-state index in [-0.39, 0.29) is 23.0 Å². The average Bonchev–Trinajstić information content (AvgIpc) is 2.90. The molecule has 0 spiro atoms. The van der Waals surface area contributed by atoms with Gasteiger partial charge in [0.05, 0.1) is 10.6 Å². The third-order valence-corrected chi connectivity index (χ3v) is 8.03. The number of hydrogen-bond acceptors (Lipinski definition) is 4. The molecule has 202 valence electrons. The number of anilines is 1. The van der Waals surface area contributed by atoms with Crippen LogP contribution < -0.4 is 9.62 Å². The van der Waals surface area contributed by atoms with E-state index in [9.17, 15) is 22.4 Å². The summed E-state index contributed by atoms with van der Waals surface area (Å²) < 4.78 is 41.9. The lowest BCUT2D eigenvalue weighted by atomic mass is 10.1. The SMILES string of the molecule is CCCNC(=O)C(C)N(Cc1ccc(F)cc1)C(=O)CN(c1ccc(Cl)cc1)S(=O)(=O)c1ccc(C)cc1. The Balaban J connectivity index is 2.00. The highest BCUT2D eigenvalue weighted by molar-refractivity contribution is 7.92. The summed E-state index contributed by atoms with van der Waals surface area (Å²) in [5.41, 5.74) is 1.72. The van der Waals surface area contributed by atoms with Gasteiger partial charge in [-0.25, -0.2) is 12.8 Å². The number of carbonyl (C=O) groups is 2. The Kier molecular flexibility index (Phi) is 9.88. The topological polar surface area (TPSA) is 86.8 Å². The molecule has 2 amide bonds. The second-order valence-corrected chi connectivity index (χ2v) is 11.2. The van der Waals surface area contributed by atoms with Crippen molar-refractivity contribution in [1.82, 2.24) is 10.2 Å². The first kappa shape index (κ1) is 29.1. The second-order valence-electron chi connectivity index (χ2n) is 8.92. The van der Waals surface area contributed by atoms with Gasteiger partial charge in [-0.15, -0.1) is 0 Å². The van der Waals surface area contributed by atoms with Gasteiger partial charge in [0.25, 0.3) is 10.0 Å². The minimum absolute atomic E-state index is 0.0150. The summed E-state index contributed by atoms with van der Waals surface area (Å²) in [5, 5.41) is 3.18. The van der Waals surface area contributed by atoms with Crippen molar-refractivity contribution in [1.29, 1.82) is 0 Å². The molecule has 38 heavy (non-hydrogen) atoms. The Morgan fingerprint density at radius 1 is 0.974 bits per heavy atom. The largest absolute Gasteiger partial charge is 0.354 e. The summed E-state index contributed by atoms with van der Waals surface area (Å²) in [6.45, 7) is 5.18. The lowest BCUT2D eigenvalue weighted by Gasteiger charge is -2.32. The van der Waals surface area contributed by atoms with E-state index in [4.69, 9.17) is 11.6 Å². The van der Waals surface area contributed by atoms with Crippen LogP contribution in [0, 0.1) is 12.7 Å². The second kappa shape index (κ2) is 12.9. The first-order valence-electron chi connectivity index (χ1n) is 12.2. The van der Waals surface area contributed by atoms with Gasteiger partial charge in [0.1, 0.15) is 18.4 Å². The molecule has 0 radical (unpaired) electrons. The lowest BCUT2D eigenvalue weighted by molar-refractivity contribution is -0.139. The molecule has 1 N–H and O–H groups in total. The highest BCUT2D eigenvalue weighted by atomic mass is 35.5. The zero-order valence-corrected chi connectivity index (χ0v) is 23.1. The van der Waals surface area contributed by atoms with Gasteiger partial charge in [0.2, 0.25) is 11.8 Å². The van der Waals surface area contributed by atoms with Crippen LogP contribution in [-0.2, 0) is 26.2 Å². The summed E-state index contributed by atoms with van der Waals surface area (Å²) in [6, 6.07) is 17.1. The first-order valence-corrected chi connectivity index (χ1v) is 14.0. The molecule has 0 bridgehead atoms. The van der Waals surface area contributed by atoms with Crippen LogP contribution in [0.15, 0.2) is 77.7 Å². The zero-order valence-electron chi connectivity index (χ0n) is 21.5. The van der Waals surface area contributed by atoms with Gasteiger partial charge in [0.15, 0.2) is 0 Å². The molecule has 0 saturated carbocycles. The molecule has 0 fully saturated rings. The van der Waals surface area contributed by atoms with Crippen molar-refractivity contribution in [2.45, 2.75) is 44.7 Å². The average molecular weight is 560 g/mol. The van der Waals surface area contributed by atoms with Crippen LogP contribution in [0.3, 0.4) is 0 Å². The predicted molar refractivity (Wildman–Crippen MR) is 147 cm³/mol. The number of sulfonamides is 1. The minimum Gasteiger partial charge on any atom is -0.354 e. The number of aryl methyl sites for hydroxylation is 1. The van der Waals surface area contributed by atoms with Crippen LogP contribution in [0.4, 0.5) is 10.1 Å². The maximum atomic E-state index is 13.8. The molecule has 10 heteroatoms. The Labute approximate surface area is 228 Å². The number of nitrogens with one attached hydrogen (secondary N) is 1. The highest BCUT2D eigenvalue weighted by Crippen LogP contribution is 2.26. The van der Waals surface area contributed by atoms with Gasteiger partial charge in [-0.1, -0.05) is 48.4 Å². The Hall–Kier alpha value is -3.43. The lowest BCUT2D eigenvalue weighted by Crippen LogP contribution is -2.51. The van der Waals surface area contributed by atoms with Crippen LogP contribution in [0.5, 0.6) is 0 Å². The number of halogens is 2. The summed E-state index contributed by atoms with van der Waals surface area (Å²) in [4.78, 5) is 27.9. The van der Waals surface area contributed by atoms with Crippen molar-refractivity contribution in [3.05, 3.63) is 94.8 Å². The molecule has 0 aliphatic heterocycles. The highest BCUT2D eigenvalue weighted by Gasteiger charge is 2.32. The first-order chi connectivity index (χ1) is 18.0. The Morgan fingerprint density at radius 2 is 1.58 bits per heavy atom. The third kappa shape index (κ3) is 7.33. The maximum absolute atomic E-state index is 13.8. The van der Waals surface area contributed by atoms with Gasteiger partial charge >= 0.3 is 0 Å².